The van der Waals surface area contributed by atoms with Gasteiger partial charge in [0.1, 0.15) is 11.7 Å². The molecule has 1 aromatic carbocycles. The maximum Gasteiger partial charge on any atom is 2.00 e. The summed E-state index contributed by atoms with van der Waals surface area (Å²) in [6.07, 6.45) is 1.22. The van der Waals surface area contributed by atoms with Crippen molar-refractivity contribution < 1.29 is 9.18 Å². The molecule has 0 bridgehead atoms. The monoisotopic (exact) mass is 244 g/mol. The predicted octanol–water partition coefficient (Wildman–Crippen LogP) is 1.04. The molecule has 0 radical (unpaired) electrons. The van der Waals surface area contributed by atoms with Gasteiger partial charge in [0.2, 0.25) is 0 Å². The van der Waals surface area contributed by atoms with Crippen molar-refractivity contribution in [2.24, 2.45) is 0 Å². The van der Waals surface area contributed by atoms with Crippen LogP contribution in [0, 0.1) is 5.82 Å². The molecule has 1 heterocycles. The van der Waals surface area contributed by atoms with E-state index in [0.717, 1.165) is 0 Å². The zero-order valence-electron chi connectivity index (χ0n) is 8.17. The van der Waals surface area contributed by atoms with Crippen LogP contribution in [-0.2, 0) is 0 Å². The predicted molar refractivity (Wildman–Crippen MR) is 54.9 cm³/mol. The molecule has 0 atom stereocenters. The SMILES string of the molecule is O=C([N-]c1ccc(F)cc1)c1cn[n-]n1.[Ca+2]. The Morgan fingerprint density at radius 2 is 2.00 bits per heavy atom. The smallest absolute Gasteiger partial charge is 0.621 e. The molecule has 2 rings (SSSR count). The molecule has 0 unspecified atom stereocenters. The van der Waals surface area contributed by atoms with Crippen LogP contribution in [0.25, 0.3) is 5.32 Å². The summed E-state index contributed by atoms with van der Waals surface area (Å²) >= 11 is 0. The average molecular weight is 244 g/mol. The largest absolute Gasteiger partial charge is 2.00 e. The van der Waals surface area contributed by atoms with Crippen LogP contribution in [0.1, 0.15) is 10.5 Å². The fraction of sp³-hybridized carbons (Fsp3) is 0. The third-order valence-electron chi connectivity index (χ3n) is 1.66. The van der Waals surface area contributed by atoms with Gasteiger partial charge in [0.25, 0.3) is 0 Å². The molecule has 2 aromatic rings. The van der Waals surface area contributed by atoms with Gasteiger partial charge in [0.05, 0.1) is 5.69 Å². The van der Waals surface area contributed by atoms with Crippen molar-refractivity contribution in [3.05, 3.63) is 47.3 Å². The fourth-order valence-electron chi connectivity index (χ4n) is 0.968. The Balaban J connectivity index is 0.00000128. The molecular weight excluding hydrogens is 239 g/mol. The van der Waals surface area contributed by atoms with Crippen molar-refractivity contribution in [3.8, 4) is 0 Å². The van der Waals surface area contributed by atoms with E-state index in [4.69, 9.17) is 0 Å². The first kappa shape index (κ1) is 13.1. The summed E-state index contributed by atoms with van der Waals surface area (Å²) in [7, 11) is 0. The van der Waals surface area contributed by atoms with Crippen molar-refractivity contribution >= 4 is 49.3 Å². The van der Waals surface area contributed by atoms with Gasteiger partial charge in [-0.25, -0.2) is 4.39 Å². The molecule has 1 aromatic heterocycles. The van der Waals surface area contributed by atoms with Gasteiger partial charge in [-0.2, -0.15) is 0 Å². The number of carbonyl (C=O) groups excluding carboxylic acids is 1. The molecule has 0 aliphatic carbocycles. The van der Waals surface area contributed by atoms with Crippen LogP contribution in [0.2, 0.25) is 0 Å². The van der Waals surface area contributed by atoms with Crippen LogP contribution in [0.4, 0.5) is 10.1 Å². The third-order valence-corrected chi connectivity index (χ3v) is 1.66. The maximum absolute atomic E-state index is 12.5. The third kappa shape index (κ3) is 3.26. The van der Waals surface area contributed by atoms with E-state index >= 15 is 0 Å². The van der Waals surface area contributed by atoms with Crippen LogP contribution in [0.5, 0.6) is 0 Å². The Labute approximate surface area is 120 Å². The van der Waals surface area contributed by atoms with Crippen molar-refractivity contribution in [2.45, 2.75) is 0 Å². The van der Waals surface area contributed by atoms with E-state index in [2.05, 4.69) is 20.7 Å². The number of amides is 1. The standard InChI is InChI=1S/C9H6FN4O.Ca/c10-6-1-3-7(4-2-6)12-9(15)8-5-11-14-13-8;/h1-5H,(H-,11,12,13,14,15);/q-1;+2/p-1. The zero-order chi connectivity index (χ0) is 10.7. The molecule has 0 saturated carbocycles. The van der Waals surface area contributed by atoms with E-state index in [1.54, 1.807) is 0 Å². The summed E-state index contributed by atoms with van der Waals surface area (Å²) in [5.74, 6) is -0.928. The summed E-state index contributed by atoms with van der Waals surface area (Å²) in [6.45, 7) is 0. The number of hydrogen-bond donors (Lipinski definition) is 0. The minimum absolute atomic E-state index is 0. The van der Waals surface area contributed by atoms with E-state index in [9.17, 15) is 9.18 Å². The Morgan fingerprint density at radius 1 is 1.31 bits per heavy atom. The fourth-order valence-corrected chi connectivity index (χ4v) is 0.968. The van der Waals surface area contributed by atoms with Crippen molar-refractivity contribution in [1.82, 2.24) is 15.4 Å². The molecule has 16 heavy (non-hydrogen) atoms. The number of benzene rings is 1. The van der Waals surface area contributed by atoms with Gasteiger partial charge in [-0.3, -0.25) is 0 Å². The van der Waals surface area contributed by atoms with Crippen molar-refractivity contribution in [1.29, 1.82) is 0 Å². The normalized spacial score (nSPS) is 9.31. The summed E-state index contributed by atoms with van der Waals surface area (Å²) < 4.78 is 12.5. The summed E-state index contributed by atoms with van der Waals surface area (Å²) in [6, 6.07) is 5.25. The van der Waals surface area contributed by atoms with Gasteiger partial charge in [0.15, 0.2) is 0 Å². The van der Waals surface area contributed by atoms with E-state index in [-0.39, 0.29) is 49.2 Å². The molecule has 76 valence electrons. The molecular formula is C9H5CaFN4O. The topological polar surface area (TPSA) is 71.1 Å². The zero-order valence-corrected chi connectivity index (χ0v) is 10.4. The number of carbonyl (C=O) groups is 1. The number of aromatic nitrogens is 3. The second-order valence-electron chi connectivity index (χ2n) is 2.71. The first-order chi connectivity index (χ1) is 7.25. The first-order valence-electron chi connectivity index (χ1n) is 4.08. The molecule has 0 spiro atoms. The van der Waals surface area contributed by atoms with Gasteiger partial charge >= 0.3 is 37.7 Å². The van der Waals surface area contributed by atoms with E-state index in [0.29, 0.717) is 5.69 Å². The second-order valence-corrected chi connectivity index (χ2v) is 2.71. The van der Waals surface area contributed by atoms with Crippen molar-refractivity contribution in [3.63, 3.8) is 0 Å². The van der Waals surface area contributed by atoms with E-state index < -0.39 is 5.91 Å². The maximum atomic E-state index is 12.5. The number of halogens is 1. The van der Waals surface area contributed by atoms with E-state index in [1.165, 1.54) is 30.5 Å². The van der Waals surface area contributed by atoms with Gasteiger partial charge in [-0.05, 0) is 12.1 Å². The Kier molecular flexibility index (Phi) is 4.85. The van der Waals surface area contributed by atoms with Gasteiger partial charge < -0.3 is 25.5 Å². The average Bonchev–Trinajstić information content (AvgIpc) is 2.74. The Hall–Kier alpha value is -0.980. The minimum Gasteiger partial charge on any atom is -0.621 e. The molecule has 5 nitrogen and oxygen atoms in total. The molecule has 0 saturated heterocycles. The summed E-state index contributed by atoms with van der Waals surface area (Å²) in [5.41, 5.74) is 0.434. The summed E-state index contributed by atoms with van der Waals surface area (Å²) in [5, 5.41) is 13.8. The molecule has 0 aliphatic rings. The molecule has 0 N–H and O–H groups in total. The second kappa shape index (κ2) is 5.93. The molecule has 7 heteroatoms. The first-order valence-corrected chi connectivity index (χ1v) is 4.08. The molecule has 1 amide bonds. The van der Waals surface area contributed by atoms with Gasteiger partial charge in [-0.15, -0.1) is 5.69 Å². The van der Waals surface area contributed by atoms with E-state index in [1.807, 2.05) is 0 Å². The van der Waals surface area contributed by atoms with Crippen LogP contribution >= 0.6 is 0 Å². The molecule has 0 fully saturated rings. The number of nitrogens with zero attached hydrogens (tertiary/aromatic N) is 4. The van der Waals surface area contributed by atoms with Crippen LogP contribution in [0.3, 0.4) is 0 Å². The molecule has 0 aliphatic heterocycles. The Morgan fingerprint density at radius 3 is 2.56 bits per heavy atom. The van der Waals surface area contributed by atoms with Crippen LogP contribution < -0.4 is 5.21 Å². The number of rotatable bonds is 2. The number of hydrogen-bond acceptors (Lipinski definition) is 3. The Bertz CT molecular complexity index is 457. The quantitative estimate of drug-likeness (QED) is 0.740. The van der Waals surface area contributed by atoms with Crippen LogP contribution in [-0.4, -0.2) is 53.8 Å². The van der Waals surface area contributed by atoms with Crippen LogP contribution in [0.15, 0.2) is 30.5 Å². The van der Waals surface area contributed by atoms with Gasteiger partial charge in [0, 0.05) is 6.20 Å². The van der Waals surface area contributed by atoms with Crippen molar-refractivity contribution in [2.75, 3.05) is 0 Å². The summed E-state index contributed by atoms with van der Waals surface area (Å²) in [4.78, 5) is 11.4. The van der Waals surface area contributed by atoms with Gasteiger partial charge in [-0.1, -0.05) is 12.1 Å². The minimum atomic E-state index is -0.549.